The molecule has 0 unspecified atom stereocenters. The van der Waals surface area contributed by atoms with Gasteiger partial charge in [-0.15, -0.1) is 0 Å². The van der Waals surface area contributed by atoms with E-state index in [0.29, 0.717) is 23.9 Å². The summed E-state index contributed by atoms with van der Waals surface area (Å²) >= 11 is 13.5. The van der Waals surface area contributed by atoms with E-state index in [-0.39, 0.29) is 56.4 Å². The molecule has 2 aromatic carbocycles. The van der Waals surface area contributed by atoms with Gasteiger partial charge in [-0.3, -0.25) is 9.59 Å². The van der Waals surface area contributed by atoms with Gasteiger partial charge in [-0.1, -0.05) is 35.8 Å². The molecule has 14 heteroatoms. The number of nitrogens with one attached hydrogen (secondary N) is 1. The van der Waals surface area contributed by atoms with Crippen LogP contribution in [0.5, 0.6) is 11.5 Å². The Morgan fingerprint density at radius 3 is 2.31 bits per heavy atom. The van der Waals surface area contributed by atoms with E-state index < -0.39 is 29.0 Å². The topological polar surface area (TPSA) is 115 Å². The third-order valence-corrected chi connectivity index (χ3v) is 8.00. The highest BCUT2D eigenvalue weighted by atomic mass is 35.5. The average Bonchev–Trinajstić information content (AvgIpc) is 3.03. The second-order valence-corrected chi connectivity index (χ2v) is 13.0. The molecule has 0 spiro atoms. The molecule has 4 aromatic rings. The summed E-state index contributed by atoms with van der Waals surface area (Å²) in [5.74, 6) is -1.04. The van der Waals surface area contributed by atoms with E-state index in [9.17, 15) is 14.4 Å². The zero-order chi connectivity index (χ0) is 36.2. The number of halogens is 3. The number of nitrogens with zero attached hydrogens (tertiary/aromatic N) is 4. The molecule has 0 atom stereocenters. The van der Waals surface area contributed by atoms with Crippen LogP contribution in [-0.4, -0.2) is 66.9 Å². The summed E-state index contributed by atoms with van der Waals surface area (Å²) in [5.41, 5.74) is -1.04. The first-order chi connectivity index (χ1) is 23.1. The molecule has 0 fully saturated rings. The van der Waals surface area contributed by atoms with Gasteiger partial charge in [0.05, 0.1) is 41.0 Å². The number of fused-ring (bicyclic) bond motifs is 1. The lowest BCUT2D eigenvalue weighted by Crippen LogP contribution is -2.35. The molecule has 0 saturated heterocycles. The van der Waals surface area contributed by atoms with Gasteiger partial charge in [-0.25, -0.2) is 19.1 Å². The molecule has 0 bridgehead atoms. The molecule has 49 heavy (non-hydrogen) atoms. The summed E-state index contributed by atoms with van der Waals surface area (Å²) in [5, 5.41) is 3.24. The molecule has 0 radical (unpaired) electrons. The molecule has 4 rings (SSSR count). The van der Waals surface area contributed by atoms with Gasteiger partial charge >= 0.3 is 6.09 Å². The fourth-order valence-electron chi connectivity index (χ4n) is 5.09. The minimum atomic E-state index is -0.985. The van der Waals surface area contributed by atoms with Gasteiger partial charge in [0.2, 0.25) is 5.91 Å². The average molecular weight is 715 g/mol. The summed E-state index contributed by atoms with van der Waals surface area (Å²) in [7, 11) is 6.70. The largest absolute Gasteiger partial charge is 0.495 e. The van der Waals surface area contributed by atoms with Crippen LogP contribution in [0.1, 0.15) is 27.2 Å². The Kier molecular flexibility index (Phi) is 11.6. The number of aryl methyl sites for hydroxylation is 1. The maximum absolute atomic E-state index is 15.7. The van der Waals surface area contributed by atoms with Crippen molar-refractivity contribution in [2.45, 2.75) is 39.3 Å². The molecule has 0 aliphatic carbocycles. The number of hydrogen-bond acceptors (Lipinski definition) is 8. The van der Waals surface area contributed by atoms with Gasteiger partial charge < -0.3 is 29.0 Å². The number of ether oxygens (including phenoxy) is 3. The number of carbonyl (C=O) groups excluding carboxylic acids is 2. The lowest BCUT2D eigenvalue weighted by Gasteiger charge is -2.28. The monoisotopic (exact) mass is 713 g/mol. The molecule has 0 saturated carbocycles. The summed E-state index contributed by atoms with van der Waals surface area (Å²) < 4.78 is 33.8. The number of methoxy groups -OCH3 is 2. The number of carbonyl (C=O) groups is 2. The van der Waals surface area contributed by atoms with Crippen molar-refractivity contribution in [1.82, 2.24) is 14.5 Å². The normalized spacial score (nSPS) is 11.4. The molecule has 2 aromatic heterocycles. The van der Waals surface area contributed by atoms with Crippen molar-refractivity contribution >= 4 is 63.3 Å². The molecule has 0 aliphatic rings. The van der Waals surface area contributed by atoms with Crippen molar-refractivity contribution in [3.63, 3.8) is 0 Å². The van der Waals surface area contributed by atoms with E-state index in [2.05, 4.69) is 16.9 Å². The van der Waals surface area contributed by atoms with E-state index in [1.165, 1.54) is 49.2 Å². The summed E-state index contributed by atoms with van der Waals surface area (Å²) in [6.45, 7) is 9.32. The smallest absolute Gasteiger partial charge is 0.420 e. The number of anilines is 3. The zero-order valence-corrected chi connectivity index (χ0v) is 29.8. The first-order valence-corrected chi connectivity index (χ1v) is 15.9. The van der Waals surface area contributed by atoms with Gasteiger partial charge in [0.1, 0.15) is 34.4 Å². The lowest BCUT2D eigenvalue weighted by atomic mass is 10.0. The van der Waals surface area contributed by atoms with E-state index in [1.54, 1.807) is 26.8 Å². The van der Waals surface area contributed by atoms with Crippen molar-refractivity contribution in [1.29, 1.82) is 0 Å². The number of para-hydroxylation sites is 1. The molecular formula is C35H38Cl2FN5O6. The molecule has 260 valence electrons. The SMILES string of the molecule is C=CC(=O)Nc1cccc(F)c1N(C(=O)OC(C)(C)C)c1cc2c(cn1)cc(-c1c(Cl)c(OC)cc(OC)c1Cl)c(=O)n2CCCN(C)C. The van der Waals surface area contributed by atoms with Gasteiger partial charge in [-0.2, -0.15) is 0 Å². The van der Waals surface area contributed by atoms with Crippen molar-refractivity contribution in [2.75, 3.05) is 45.1 Å². The Balaban J connectivity index is 2.05. The number of hydrogen-bond donors (Lipinski definition) is 1. The van der Waals surface area contributed by atoms with E-state index in [1.807, 2.05) is 19.0 Å². The van der Waals surface area contributed by atoms with Crippen LogP contribution in [0.3, 0.4) is 0 Å². The van der Waals surface area contributed by atoms with Crippen LogP contribution in [0.15, 0.2) is 60.0 Å². The fraction of sp³-hybridized carbons (Fsp3) is 0.314. The molecular weight excluding hydrogens is 676 g/mol. The molecule has 1 N–H and O–H groups in total. The predicted octanol–water partition coefficient (Wildman–Crippen LogP) is 7.68. The molecule has 11 nitrogen and oxygen atoms in total. The Morgan fingerprint density at radius 2 is 1.73 bits per heavy atom. The maximum Gasteiger partial charge on any atom is 0.420 e. The second kappa shape index (κ2) is 15.3. The first kappa shape index (κ1) is 37.2. The Bertz CT molecular complexity index is 1950. The highest BCUT2D eigenvalue weighted by Gasteiger charge is 2.31. The number of amides is 2. The van der Waals surface area contributed by atoms with Crippen LogP contribution < -0.4 is 25.2 Å². The molecule has 2 heterocycles. The van der Waals surface area contributed by atoms with Crippen molar-refractivity contribution in [2.24, 2.45) is 0 Å². The quantitative estimate of drug-likeness (QED) is 0.158. The van der Waals surface area contributed by atoms with Gasteiger partial charge in [0, 0.05) is 35.8 Å². The number of benzene rings is 2. The van der Waals surface area contributed by atoms with Gasteiger partial charge in [0.25, 0.3) is 5.56 Å². The first-order valence-electron chi connectivity index (χ1n) is 15.2. The van der Waals surface area contributed by atoms with Gasteiger partial charge in [0.15, 0.2) is 0 Å². The second-order valence-electron chi connectivity index (χ2n) is 12.2. The standard InChI is InChI=1S/C35H38Cl2FN5O6/c1-9-28(44)40-23-13-10-12-22(38)32(23)43(34(46)49-35(2,3)4)27-17-24-20(19-39-27)16-21(33(45)42(24)15-11-14-41(5)6)29-30(36)25(47-7)18-26(48-8)31(29)37/h9-10,12-13,16-19H,1,11,14-15H2,2-8H3,(H,40,44). The van der Waals surface area contributed by atoms with Gasteiger partial charge in [-0.05, 0) is 72.1 Å². The minimum Gasteiger partial charge on any atom is -0.495 e. The number of aromatic nitrogens is 2. The molecule has 0 aliphatic heterocycles. The lowest BCUT2D eigenvalue weighted by molar-refractivity contribution is -0.111. The van der Waals surface area contributed by atoms with Crippen LogP contribution in [0.4, 0.5) is 26.4 Å². The maximum atomic E-state index is 15.7. The summed E-state index contributed by atoms with van der Waals surface area (Å²) in [4.78, 5) is 48.0. The summed E-state index contributed by atoms with van der Waals surface area (Å²) in [6.07, 6.45) is 2.04. The van der Waals surface area contributed by atoms with Crippen LogP contribution in [0.2, 0.25) is 10.0 Å². The Morgan fingerprint density at radius 1 is 1.08 bits per heavy atom. The van der Waals surface area contributed by atoms with E-state index in [0.717, 1.165) is 17.0 Å². The van der Waals surface area contributed by atoms with E-state index in [4.69, 9.17) is 37.4 Å². The van der Waals surface area contributed by atoms with Crippen LogP contribution >= 0.6 is 23.2 Å². The van der Waals surface area contributed by atoms with Crippen molar-refractivity contribution in [3.05, 3.63) is 81.5 Å². The Hall–Kier alpha value is -4.65. The van der Waals surface area contributed by atoms with Crippen molar-refractivity contribution in [3.8, 4) is 22.6 Å². The highest BCUT2D eigenvalue weighted by molar-refractivity contribution is 6.41. The van der Waals surface area contributed by atoms with E-state index >= 15 is 4.39 Å². The predicted molar refractivity (Wildman–Crippen MR) is 191 cm³/mol. The molecule has 2 amide bonds. The third-order valence-electron chi connectivity index (χ3n) is 7.25. The van der Waals surface area contributed by atoms with Crippen LogP contribution in [0, 0.1) is 5.82 Å². The minimum absolute atomic E-state index is 0.0346. The van der Waals surface area contributed by atoms with Crippen LogP contribution in [-0.2, 0) is 16.1 Å². The zero-order valence-electron chi connectivity index (χ0n) is 28.3. The highest BCUT2D eigenvalue weighted by Crippen LogP contribution is 2.45. The third kappa shape index (κ3) is 8.15. The Labute approximate surface area is 293 Å². The van der Waals surface area contributed by atoms with Crippen molar-refractivity contribution < 1.29 is 28.2 Å². The van der Waals surface area contributed by atoms with Crippen LogP contribution in [0.25, 0.3) is 22.0 Å². The number of pyridine rings is 2. The summed E-state index contributed by atoms with van der Waals surface area (Å²) in [6, 6.07) is 8.54. The number of rotatable bonds is 11. The fourth-order valence-corrected chi connectivity index (χ4v) is 5.79.